The van der Waals surface area contributed by atoms with Gasteiger partial charge < -0.3 is 10.4 Å². The number of aliphatic hydroxyl groups is 1. The molecular formula is C18H16ClN3O2. The Kier molecular flexibility index (Phi) is 4.93. The van der Waals surface area contributed by atoms with Crippen LogP contribution in [0.3, 0.4) is 0 Å². The van der Waals surface area contributed by atoms with E-state index < -0.39 is 6.04 Å². The molecule has 2 N–H and O–H groups in total. The number of aromatic nitrogens is 2. The highest BCUT2D eigenvalue weighted by molar-refractivity contribution is 6.30. The van der Waals surface area contributed by atoms with Crippen LogP contribution in [0, 0.1) is 0 Å². The number of hydrogen-bond donors (Lipinski definition) is 2. The first-order chi connectivity index (χ1) is 11.7. The average molecular weight is 342 g/mol. The summed E-state index contributed by atoms with van der Waals surface area (Å²) in [6.07, 6.45) is 1.72. The number of carbonyl (C=O) groups excluding carboxylic acids is 1. The van der Waals surface area contributed by atoms with Crippen molar-refractivity contribution in [1.29, 1.82) is 0 Å². The second kappa shape index (κ2) is 7.29. The summed E-state index contributed by atoms with van der Waals surface area (Å²) in [5.41, 5.74) is 1.93. The first-order valence-corrected chi connectivity index (χ1v) is 7.83. The van der Waals surface area contributed by atoms with Gasteiger partial charge in [-0.3, -0.25) is 4.79 Å². The number of carbonyl (C=O) groups is 1. The molecule has 2 aromatic carbocycles. The third-order valence-corrected chi connectivity index (χ3v) is 3.85. The molecule has 3 aromatic rings. The number of hydrogen-bond acceptors (Lipinski definition) is 3. The maximum absolute atomic E-state index is 12.4. The Morgan fingerprint density at radius 2 is 1.83 bits per heavy atom. The van der Waals surface area contributed by atoms with Crippen molar-refractivity contribution >= 4 is 17.5 Å². The summed E-state index contributed by atoms with van der Waals surface area (Å²) in [7, 11) is 0. The van der Waals surface area contributed by atoms with Gasteiger partial charge in [0.2, 0.25) is 0 Å². The molecule has 0 fully saturated rings. The second-order valence-corrected chi connectivity index (χ2v) is 5.68. The van der Waals surface area contributed by atoms with E-state index in [4.69, 9.17) is 11.6 Å². The van der Waals surface area contributed by atoms with Crippen LogP contribution < -0.4 is 5.32 Å². The zero-order valence-electron chi connectivity index (χ0n) is 12.8. The number of nitrogens with zero attached hydrogens (tertiary/aromatic N) is 2. The Balaban J connectivity index is 1.74. The van der Waals surface area contributed by atoms with Crippen molar-refractivity contribution in [2.75, 3.05) is 6.61 Å². The molecule has 1 atom stereocenters. The number of rotatable bonds is 5. The fourth-order valence-electron chi connectivity index (χ4n) is 2.33. The van der Waals surface area contributed by atoms with Crippen molar-refractivity contribution in [3.05, 3.63) is 83.1 Å². The van der Waals surface area contributed by atoms with Crippen molar-refractivity contribution in [3.8, 4) is 5.69 Å². The highest BCUT2D eigenvalue weighted by Gasteiger charge is 2.17. The lowest BCUT2D eigenvalue weighted by molar-refractivity contribution is 0.0910. The van der Waals surface area contributed by atoms with Gasteiger partial charge in [-0.2, -0.15) is 5.10 Å². The Labute approximate surface area is 144 Å². The molecule has 0 radical (unpaired) electrons. The SMILES string of the molecule is O=C(NC(CO)c1ccc(Cl)cc1)c1ccn(-c2ccccc2)n1. The summed E-state index contributed by atoms with van der Waals surface area (Å²) in [4.78, 5) is 12.4. The van der Waals surface area contributed by atoms with Gasteiger partial charge in [-0.1, -0.05) is 41.9 Å². The van der Waals surface area contributed by atoms with Crippen LogP contribution in [-0.2, 0) is 0 Å². The van der Waals surface area contributed by atoms with Crippen LogP contribution >= 0.6 is 11.6 Å². The van der Waals surface area contributed by atoms with Crippen LogP contribution in [0.25, 0.3) is 5.69 Å². The number of para-hydroxylation sites is 1. The topological polar surface area (TPSA) is 67.2 Å². The maximum Gasteiger partial charge on any atom is 0.272 e. The molecule has 0 aliphatic heterocycles. The van der Waals surface area contributed by atoms with Crippen molar-refractivity contribution in [2.45, 2.75) is 6.04 Å². The number of benzene rings is 2. The van der Waals surface area contributed by atoms with Gasteiger partial charge in [-0.05, 0) is 35.9 Å². The highest BCUT2D eigenvalue weighted by Crippen LogP contribution is 2.17. The number of nitrogens with one attached hydrogen (secondary N) is 1. The monoisotopic (exact) mass is 341 g/mol. The predicted molar refractivity (Wildman–Crippen MR) is 92.3 cm³/mol. The second-order valence-electron chi connectivity index (χ2n) is 5.24. The molecule has 0 saturated heterocycles. The molecule has 0 saturated carbocycles. The van der Waals surface area contributed by atoms with E-state index in [1.165, 1.54) is 0 Å². The molecule has 0 spiro atoms. The van der Waals surface area contributed by atoms with E-state index in [9.17, 15) is 9.90 Å². The molecule has 0 aliphatic carbocycles. The molecule has 1 amide bonds. The van der Waals surface area contributed by atoms with Gasteiger partial charge in [-0.25, -0.2) is 4.68 Å². The third kappa shape index (κ3) is 3.64. The normalized spacial score (nSPS) is 11.9. The van der Waals surface area contributed by atoms with Crippen LogP contribution in [0.15, 0.2) is 66.9 Å². The lowest BCUT2D eigenvalue weighted by Gasteiger charge is -2.16. The van der Waals surface area contributed by atoms with Crippen LogP contribution in [0.1, 0.15) is 22.1 Å². The Morgan fingerprint density at radius 3 is 2.50 bits per heavy atom. The summed E-state index contributed by atoms with van der Waals surface area (Å²) in [6, 6.07) is 17.6. The smallest absolute Gasteiger partial charge is 0.272 e. The third-order valence-electron chi connectivity index (χ3n) is 3.60. The number of aliphatic hydroxyl groups excluding tert-OH is 1. The standard InChI is InChI=1S/C18H16ClN3O2/c19-14-8-6-13(7-9-14)17(12-23)20-18(24)16-10-11-22(21-16)15-4-2-1-3-5-15/h1-11,17,23H,12H2,(H,20,24). The first-order valence-electron chi connectivity index (χ1n) is 7.45. The molecule has 3 rings (SSSR count). The van der Waals surface area contributed by atoms with Gasteiger partial charge in [0.1, 0.15) is 0 Å². The Hall–Kier alpha value is -2.63. The summed E-state index contributed by atoms with van der Waals surface area (Å²) in [6.45, 7) is -0.216. The molecule has 5 nitrogen and oxygen atoms in total. The van der Waals surface area contributed by atoms with E-state index in [0.717, 1.165) is 11.3 Å². The van der Waals surface area contributed by atoms with E-state index in [1.807, 2.05) is 30.3 Å². The van der Waals surface area contributed by atoms with E-state index in [-0.39, 0.29) is 18.2 Å². The summed E-state index contributed by atoms with van der Waals surface area (Å²) < 4.78 is 1.63. The van der Waals surface area contributed by atoms with Crippen molar-refractivity contribution in [2.24, 2.45) is 0 Å². The van der Waals surface area contributed by atoms with Gasteiger partial charge in [0.05, 0.1) is 18.3 Å². The van der Waals surface area contributed by atoms with Crippen LogP contribution in [0.5, 0.6) is 0 Å². The molecule has 122 valence electrons. The molecule has 1 aromatic heterocycles. The minimum Gasteiger partial charge on any atom is -0.394 e. The highest BCUT2D eigenvalue weighted by atomic mass is 35.5. The Morgan fingerprint density at radius 1 is 1.12 bits per heavy atom. The first kappa shape index (κ1) is 16.2. The van der Waals surface area contributed by atoms with Crippen LogP contribution in [-0.4, -0.2) is 27.4 Å². The molecule has 1 unspecified atom stereocenters. The van der Waals surface area contributed by atoms with Crippen LogP contribution in [0.4, 0.5) is 0 Å². The lowest BCUT2D eigenvalue weighted by Crippen LogP contribution is -2.31. The van der Waals surface area contributed by atoms with Crippen molar-refractivity contribution in [3.63, 3.8) is 0 Å². The van der Waals surface area contributed by atoms with E-state index >= 15 is 0 Å². The van der Waals surface area contributed by atoms with Crippen molar-refractivity contribution in [1.82, 2.24) is 15.1 Å². The quantitative estimate of drug-likeness (QED) is 0.749. The van der Waals surface area contributed by atoms with Gasteiger partial charge in [-0.15, -0.1) is 0 Å². The number of halogens is 1. The van der Waals surface area contributed by atoms with Gasteiger partial charge in [0.15, 0.2) is 5.69 Å². The zero-order chi connectivity index (χ0) is 16.9. The molecule has 1 heterocycles. The van der Waals surface area contributed by atoms with Gasteiger partial charge in [0.25, 0.3) is 5.91 Å². The molecule has 6 heteroatoms. The number of amides is 1. The largest absolute Gasteiger partial charge is 0.394 e. The van der Waals surface area contributed by atoms with E-state index in [1.54, 1.807) is 41.2 Å². The molecule has 0 bridgehead atoms. The van der Waals surface area contributed by atoms with E-state index in [2.05, 4.69) is 10.4 Å². The average Bonchev–Trinajstić information content (AvgIpc) is 3.11. The summed E-state index contributed by atoms with van der Waals surface area (Å²) in [5.74, 6) is -0.348. The molecule has 24 heavy (non-hydrogen) atoms. The van der Waals surface area contributed by atoms with Crippen LogP contribution in [0.2, 0.25) is 5.02 Å². The van der Waals surface area contributed by atoms with Gasteiger partial charge >= 0.3 is 0 Å². The summed E-state index contributed by atoms with van der Waals surface area (Å²) >= 11 is 5.86. The lowest BCUT2D eigenvalue weighted by atomic mass is 10.1. The zero-order valence-corrected chi connectivity index (χ0v) is 13.5. The fraction of sp³-hybridized carbons (Fsp3) is 0.111. The van der Waals surface area contributed by atoms with Crippen molar-refractivity contribution < 1.29 is 9.90 Å². The Bertz CT molecular complexity index is 816. The van der Waals surface area contributed by atoms with E-state index in [0.29, 0.717) is 5.02 Å². The van der Waals surface area contributed by atoms with Gasteiger partial charge in [0, 0.05) is 11.2 Å². The fourth-order valence-corrected chi connectivity index (χ4v) is 2.46. The minimum atomic E-state index is -0.517. The minimum absolute atomic E-state index is 0.216. The molecule has 0 aliphatic rings. The molecular weight excluding hydrogens is 326 g/mol. The maximum atomic E-state index is 12.4. The summed E-state index contributed by atoms with van der Waals surface area (Å²) in [5, 5.41) is 17.2. The predicted octanol–water partition coefficient (Wildman–Crippen LogP) is 2.99.